The lowest BCUT2D eigenvalue weighted by molar-refractivity contribution is 0.0728. The number of anilines is 1. The molecule has 1 aromatic carbocycles. The number of thiophene rings is 1. The Morgan fingerprint density at radius 2 is 2.00 bits per heavy atom. The van der Waals surface area contributed by atoms with Crippen molar-refractivity contribution in [2.75, 3.05) is 25.5 Å². The quantitative estimate of drug-likeness (QED) is 0.698. The minimum Gasteiger partial charge on any atom is -0.496 e. The topological polar surface area (TPSA) is 67.3 Å². The van der Waals surface area contributed by atoms with Gasteiger partial charge in [-0.2, -0.15) is 0 Å². The predicted octanol–water partition coefficient (Wildman–Crippen LogP) is 4.25. The fourth-order valence-electron chi connectivity index (χ4n) is 3.68. The number of carbonyl (C=O) groups is 1. The van der Waals surface area contributed by atoms with Gasteiger partial charge in [-0.3, -0.25) is 4.79 Å². The summed E-state index contributed by atoms with van der Waals surface area (Å²) >= 11 is 1.46. The van der Waals surface area contributed by atoms with E-state index in [1.165, 1.54) is 17.8 Å². The Bertz CT molecular complexity index is 995. The molecule has 0 aliphatic carbocycles. The second kappa shape index (κ2) is 8.14. The number of piperidine rings is 1. The number of carbonyl (C=O) groups excluding carboxylic acids is 1. The number of likely N-dealkylation sites (tertiary alicyclic amines) is 1. The van der Waals surface area contributed by atoms with Gasteiger partial charge < -0.3 is 15.0 Å². The molecule has 0 radical (unpaired) electrons. The minimum absolute atomic E-state index is 0.121. The number of methoxy groups -OCH3 is 1. The number of nitrogens with one attached hydrogen (secondary N) is 1. The number of hydrogen-bond acceptors (Lipinski definition) is 6. The summed E-state index contributed by atoms with van der Waals surface area (Å²) in [6, 6.07) is 7.90. The molecule has 4 rings (SSSR count). The normalized spacial score (nSPS) is 14.3. The molecule has 1 aliphatic rings. The van der Waals surface area contributed by atoms with Crippen LogP contribution in [0.15, 0.2) is 30.6 Å². The number of benzene rings is 1. The van der Waals surface area contributed by atoms with E-state index in [0.717, 1.165) is 63.7 Å². The van der Waals surface area contributed by atoms with E-state index in [1.54, 1.807) is 13.4 Å². The zero-order chi connectivity index (χ0) is 19.5. The van der Waals surface area contributed by atoms with E-state index in [1.807, 2.05) is 36.1 Å². The highest BCUT2D eigenvalue weighted by atomic mass is 32.1. The molecule has 28 heavy (non-hydrogen) atoms. The third kappa shape index (κ3) is 3.54. The molecule has 0 bridgehead atoms. The fourth-order valence-corrected chi connectivity index (χ4v) is 4.79. The molecule has 0 saturated carbocycles. The second-order valence-corrected chi connectivity index (χ2v) is 7.98. The lowest BCUT2D eigenvalue weighted by atomic mass is 10.1. The molecular weight excluding hydrogens is 372 g/mol. The van der Waals surface area contributed by atoms with E-state index in [9.17, 15) is 4.79 Å². The maximum atomic E-state index is 13.0. The summed E-state index contributed by atoms with van der Waals surface area (Å²) in [4.78, 5) is 25.5. The number of hydrogen-bond donors (Lipinski definition) is 1. The van der Waals surface area contributed by atoms with Gasteiger partial charge in [0.25, 0.3) is 5.91 Å². The highest BCUT2D eigenvalue weighted by Gasteiger charge is 2.24. The summed E-state index contributed by atoms with van der Waals surface area (Å²) in [5.74, 6) is 1.71. The third-order valence-corrected chi connectivity index (χ3v) is 6.39. The van der Waals surface area contributed by atoms with Gasteiger partial charge >= 0.3 is 0 Å². The Morgan fingerprint density at radius 3 is 2.79 bits per heavy atom. The van der Waals surface area contributed by atoms with Crippen molar-refractivity contribution in [1.29, 1.82) is 0 Å². The zero-order valence-corrected chi connectivity index (χ0v) is 17.0. The van der Waals surface area contributed by atoms with Crippen LogP contribution in [-0.4, -0.2) is 41.0 Å². The van der Waals surface area contributed by atoms with Gasteiger partial charge in [-0.1, -0.05) is 18.2 Å². The molecule has 7 heteroatoms. The Labute approximate surface area is 168 Å². The Balaban J connectivity index is 1.63. The van der Waals surface area contributed by atoms with Crippen LogP contribution in [0.2, 0.25) is 0 Å². The van der Waals surface area contributed by atoms with Gasteiger partial charge in [0.1, 0.15) is 22.7 Å². The molecule has 1 aliphatic heterocycles. The van der Waals surface area contributed by atoms with Crippen LogP contribution in [0.5, 0.6) is 5.75 Å². The van der Waals surface area contributed by atoms with Crippen LogP contribution in [-0.2, 0) is 6.54 Å². The molecule has 0 spiro atoms. The van der Waals surface area contributed by atoms with E-state index in [0.29, 0.717) is 6.54 Å². The van der Waals surface area contributed by atoms with Crippen molar-refractivity contribution >= 4 is 33.3 Å². The summed E-state index contributed by atoms with van der Waals surface area (Å²) in [5, 5.41) is 4.34. The van der Waals surface area contributed by atoms with Crippen LogP contribution < -0.4 is 10.1 Å². The van der Waals surface area contributed by atoms with Gasteiger partial charge in [0, 0.05) is 25.2 Å². The van der Waals surface area contributed by atoms with E-state index in [4.69, 9.17) is 4.74 Å². The van der Waals surface area contributed by atoms with Crippen molar-refractivity contribution in [3.05, 3.63) is 46.6 Å². The summed E-state index contributed by atoms with van der Waals surface area (Å²) in [7, 11) is 1.67. The first-order valence-electron chi connectivity index (χ1n) is 9.58. The standard InChI is InChI=1S/C21H24N4O2S/c1-14-17-19(22-12-15-8-4-5-9-16(15)27-2)23-13-24-20(17)28-18(14)21(26)25-10-6-3-7-11-25/h4-5,8-9,13H,3,6-7,10-12H2,1-2H3,(H,22,23,24). The average Bonchev–Trinajstić information content (AvgIpc) is 3.09. The first-order chi connectivity index (χ1) is 13.7. The van der Waals surface area contributed by atoms with Gasteiger partial charge in [0.2, 0.25) is 0 Å². The molecule has 3 aromatic rings. The molecule has 6 nitrogen and oxygen atoms in total. The Hall–Kier alpha value is -2.67. The predicted molar refractivity (Wildman–Crippen MR) is 112 cm³/mol. The van der Waals surface area contributed by atoms with Crippen LogP contribution >= 0.6 is 11.3 Å². The smallest absolute Gasteiger partial charge is 0.264 e. The molecule has 146 valence electrons. The summed E-state index contributed by atoms with van der Waals surface area (Å²) in [6.45, 7) is 4.27. The SMILES string of the molecule is COc1ccccc1CNc1ncnc2sc(C(=O)N3CCCCC3)c(C)c12. The third-order valence-electron chi connectivity index (χ3n) is 5.20. The maximum Gasteiger partial charge on any atom is 0.264 e. The fraction of sp³-hybridized carbons (Fsp3) is 0.381. The molecule has 2 aromatic heterocycles. The largest absolute Gasteiger partial charge is 0.496 e. The van der Waals surface area contributed by atoms with Crippen LogP contribution in [0.4, 0.5) is 5.82 Å². The number of rotatable bonds is 5. The number of fused-ring (bicyclic) bond motifs is 1. The molecule has 1 saturated heterocycles. The van der Waals surface area contributed by atoms with Crippen LogP contribution in [0.1, 0.15) is 40.1 Å². The van der Waals surface area contributed by atoms with Crippen LogP contribution in [0.25, 0.3) is 10.2 Å². The van der Waals surface area contributed by atoms with Gasteiger partial charge in [-0.25, -0.2) is 9.97 Å². The minimum atomic E-state index is 0.121. The number of nitrogens with zero attached hydrogens (tertiary/aromatic N) is 3. The molecule has 1 amide bonds. The number of para-hydroxylation sites is 1. The summed E-state index contributed by atoms with van der Waals surface area (Å²) in [5.41, 5.74) is 2.01. The van der Waals surface area contributed by atoms with Crippen molar-refractivity contribution in [3.63, 3.8) is 0 Å². The number of aromatic nitrogens is 2. The number of ether oxygens (including phenoxy) is 1. The number of aryl methyl sites for hydroxylation is 1. The van der Waals surface area contributed by atoms with E-state index in [-0.39, 0.29) is 5.91 Å². The monoisotopic (exact) mass is 396 g/mol. The first kappa shape index (κ1) is 18.7. The van der Waals surface area contributed by atoms with Gasteiger partial charge in [-0.15, -0.1) is 11.3 Å². The average molecular weight is 397 g/mol. The van der Waals surface area contributed by atoms with Crippen molar-refractivity contribution in [2.45, 2.75) is 32.7 Å². The van der Waals surface area contributed by atoms with Gasteiger partial charge in [0.15, 0.2) is 0 Å². The molecule has 1 N–H and O–H groups in total. The molecule has 0 atom stereocenters. The zero-order valence-electron chi connectivity index (χ0n) is 16.2. The van der Waals surface area contributed by atoms with E-state index >= 15 is 0 Å². The molecule has 0 unspecified atom stereocenters. The van der Waals surface area contributed by atoms with Gasteiger partial charge in [-0.05, 0) is 37.8 Å². The first-order valence-corrected chi connectivity index (χ1v) is 10.4. The maximum absolute atomic E-state index is 13.0. The van der Waals surface area contributed by atoms with E-state index in [2.05, 4.69) is 15.3 Å². The second-order valence-electron chi connectivity index (χ2n) is 6.98. The van der Waals surface area contributed by atoms with Crippen molar-refractivity contribution in [3.8, 4) is 5.75 Å². The highest BCUT2D eigenvalue weighted by molar-refractivity contribution is 7.20. The Kier molecular flexibility index (Phi) is 5.43. The van der Waals surface area contributed by atoms with Gasteiger partial charge in [0.05, 0.1) is 17.4 Å². The van der Waals surface area contributed by atoms with Crippen LogP contribution in [0, 0.1) is 6.92 Å². The molecular formula is C21H24N4O2S. The number of amides is 1. The molecule has 1 fully saturated rings. The van der Waals surface area contributed by atoms with Crippen LogP contribution in [0.3, 0.4) is 0 Å². The Morgan fingerprint density at radius 1 is 1.21 bits per heavy atom. The highest BCUT2D eigenvalue weighted by Crippen LogP contribution is 2.34. The van der Waals surface area contributed by atoms with Crippen molar-refractivity contribution in [1.82, 2.24) is 14.9 Å². The van der Waals surface area contributed by atoms with Crippen molar-refractivity contribution in [2.24, 2.45) is 0 Å². The summed E-state index contributed by atoms with van der Waals surface area (Å²) in [6.07, 6.45) is 4.93. The lowest BCUT2D eigenvalue weighted by Gasteiger charge is -2.26. The van der Waals surface area contributed by atoms with Crippen molar-refractivity contribution < 1.29 is 9.53 Å². The summed E-state index contributed by atoms with van der Waals surface area (Å²) < 4.78 is 5.43. The molecule has 3 heterocycles. The van der Waals surface area contributed by atoms with E-state index < -0.39 is 0 Å². The lowest BCUT2D eigenvalue weighted by Crippen LogP contribution is -2.35.